The molecule has 2 rings (SSSR count). The van der Waals surface area contributed by atoms with E-state index in [1.165, 1.54) is 6.33 Å². The minimum Gasteiger partial charge on any atom is -0.365 e. The number of aromatic nitrogens is 4. The van der Waals surface area contributed by atoms with E-state index in [9.17, 15) is 0 Å². The number of nitrogens with one attached hydrogen (secondary N) is 1. The maximum Gasteiger partial charge on any atom is 0.183 e. The van der Waals surface area contributed by atoms with Gasteiger partial charge >= 0.3 is 0 Å². The molecule has 2 aromatic heterocycles. The van der Waals surface area contributed by atoms with Gasteiger partial charge in [-0.05, 0) is 6.92 Å². The highest BCUT2D eigenvalue weighted by atomic mass is 15.1. The molecule has 0 fully saturated rings. The summed E-state index contributed by atoms with van der Waals surface area (Å²) in [5.74, 6) is 0.764. The lowest BCUT2D eigenvalue weighted by Crippen LogP contribution is -2.02. The van der Waals surface area contributed by atoms with Gasteiger partial charge in [0.05, 0.1) is 0 Å². The summed E-state index contributed by atoms with van der Waals surface area (Å²) in [6.45, 7) is 6.27. The molecule has 0 aliphatic carbocycles. The normalized spacial score (nSPS) is 11.1. The second-order valence-corrected chi connectivity index (χ2v) is 3.20. The predicted molar refractivity (Wildman–Crippen MR) is 65.0 cm³/mol. The van der Waals surface area contributed by atoms with Crippen LogP contribution in [0.3, 0.4) is 0 Å². The summed E-state index contributed by atoms with van der Waals surface area (Å²) in [4.78, 5) is 12.5. The Balaban J connectivity index is 2.53. The smallest absolute Gasteiger partial charge is 0.183 e. The van der Waals surface area contributed by atoms with Gasteiger partial charge in [0.15, 0.2) is 11.5 Å². The lowest BCUT2D eigenvalue weighted by atomic mass is 10.4. The quantitative estimate of drug-likeness (QED) is 0.791. The number of hydrogen-bond donors (Lipinski definition) is 1. The molecular weight excluding hydrogens is 202 g/mol. The summed E-state index contributed by atoms with van der Waals surface area (Å²) in [6.07, 6.45) is 8.85. The van der Waals surface area contributed by atoms with Crippen molar-refractivity contribution < 1.29 is 0 Å². The summed E-state index contributed by atoms with van der Waals surface area (Å²) in [7, 11) is 0. The summed E-state index contributed by atoms with van der Waals surface area (Å²) in [5, 5.41) is 3.16. The molecule has 0 aliphatic heterocycles. The Morgan fingerprint density at radius 3 is 3.06 bits per heavy atom. The van der Waals surface area contributed by atoms with Crippen LogP contribution in [0.2, 0.25) is 0 Å². The van der Waals surface area contributed by atoms with E-state index < -0.39 is 0 Å². The fourth-order valence-corrected chi connectivity index (χ4v) is 1.45. The minimum atomic E-state index is 0.660. The Bertz CT molecular complexity index is 526. The number of allylic oxidation sites excluding steroid dienone is 1. The van der Waals surface area contributed by atoms with Crippen LogP contribution < -0.4 is 5.32 Å². The van der Waals surface area contributed by atoms with Crippen molar-refractivity contribution >= 4 is 23.2 Å². The third-order valence-electron chi connectivity index (χ3n) is 2.09. The Labute approximate surface area is 93.6 Å². The topological polar surface area (TPSA) is 55.6 Å². The van der Waals surface area contributed by atoms with Crippen LogP contribution in [0.25, 0.3) is 17.4 Å². The first-order valence-electron chi connectivity index (χ1n) is 5.02. The average molecular weight is 215 g/mol. The molecule has 0 spiro atoms. The van der Waals surface area contributed by atoms with Crippen molar-refractivity contribution in [1.29, 1.82) is 0 Å². The third-order valence-corrected chi connectivity index (χ3v) is 2.09. The average Bonchev–Trinajstić information content (AvgIpc) is 2.71. The summed E-state index contributed by atoms with van der Waals surface area (Å²) in [6, 6.07) is 0. The number of anilines is 1. The fraction of sp³-hybridized carbons (Fsp3) is 0.182. The molecule has 0 aromatic carbocycles. The molecule has 2 heterocycles. The standard InChI is InChI=1S/C11H13N5/c1-3-5-12-10-9-11(14-7-13-10)15-8-16(9)6-4-2/h3-4,6-8H,1,5H2,2H3,(H,12,13,14)/b6-4-. The van der Waals surface area contributed by atoms with Crippen molar-refractivity contribution in [2.75, 3.05) is 11.9 Å². The van der Waals surface area contributed by atoms with Gasteiger partial charge in [-0.25, -0.2) is 15.0 Å². The van der Waals surface area contributed by atoms with Crippen LogP contribution in [0, 0.1) is 0 Å². The van der Waals surface area contributed by atoms with Gasteiger partial charge < -0.3 is 9.88 Å². The van der Waals surface area contributed by atoms with E-state index in [1.807, 2.05) is 23.8 Å². The molecule has 0 saturated carbocycles. The van der Waals surface area contributed by atoms with Gasteiger partial charge in [0.1, 0.15) is 18.2 Å². The Morgan fingerprint density at radius 1 is 1.44 bits per heavy atom. The molecule has 0 saturated heterocycles. The molecule has 82 valence electrons. The molecule has 1 N–H and O–H groups in total. The lowest BCUT2D eigenvalue weighted by Gasteiger charge is -2.04. The summed E-state index contributed by atoms with van der Waals surface area (Å²) < 4.78 is 1.89. The molecule has 5 heteroatoms. The Kier molecular flexibility index (Phi) is 2.95. The van der Waals surface area contributed by atoms with Gasteiger partial charge in [0, 0.05) is 12.7 Å². The van der Waals surface area contributed by atoms with Gasteiger partial charge in [-0.15, -0.1) is 6.58 Å². The molecule has 0 bridgehead atoms. The number of nitrogens with zero attached hydrogens (tertiary/aromatic N) is 4. The first-order valence-corrected chi connectivity index (χ1v) is 5.02. The molecule has 16 heavy (non-hydrogen) atoms. The van der Waals surface area contributed by atoms with Crippen molar-refractivity contribution in [1.82, 2.24) is 19.5 Å². The van der Waals surface area contributed by atoms with E-state index in [4.69, 9.17) is 0 Å². The van der Waals surface area contributed by atoms with Crippen molar-refractivity contribution in [3.8, 4) is 0 Å². The zero-order valence-electron chi connectivity index (χ0n) is 9.09. The molecule has 0 amide bonds. The van der Waals surface area contributed by atoms with Gasteiger partial charge in [-0.1, -0.05) is 12.2 Å². The molecule has 0 atom stereocenters. The minimum absolute atomic E-state index is 0.660. The zero-order chi connectivity index (χ0) is 11.4. The van der Waals surface area contributed by atoms with Crippen molar-refractivity contribution in [2.24, 2.45) is 0 Å². The van der Waals surface area contributed by atoms with Crippen LogP contribution in [0.1, 0.15) is 6.92 Å². The van der Waals surface area contributed by atoms with E-state index in [2.05, 4.69) is 26.8 Å². The second-order valence-electron chi connectivity index (χ2n) is 3.20. The summed E-state index contributed by atoms with van der Waals surface area (Å²) >= 11 is 0. The Morgan fingerprint density at radius 2 is 2.31 bits per heavy atom. The van der Waals surface area contributed by atoms with Gasteiger partial charge in [0.25, 0.3) is 0 Å². The monoisotopic (exact) mass is 215 g/mol. The van der Waals surface area contributed by atoms with Crippen molar-refractivity contribution in [3.05, 3.63) is 31.4 Å². The van der Waals surface area contributed by atoms with Crippen LogP contribution in [0.15, 0.2) is 31.4 Å². The number of hydrogen-bond acceptors (Lipinski definition) is 4. The van der Waals surface area contributed by atoms with Crippen molar-refractivity contribution in [3.63, 3.8) is 0 Å². The highest BCUT2D eigenvalue weighted by molar-refractivity contribution is 5.84. The number of fused-ring (bicyclic) bond motifs is 1. The first kappa shape index (κ1) is 10.4. The lowest BCUT2D eigenvalue weighted by molar-refractivity contribution is 1.14. The number of imidazole rings is 1. The first-order chi connectivity index (χ1) is 7.86. The molecular formula is C11H13N5. The van der Waals surface area contributed by atoms with Crippen LogP contribution in [-0.4, -0.2) is 26.1 Å². The van der Waals surface area contributed by atoms with E-state index >= 15 is 0 Å². The molecule has 5 nitrogen and oxygen atoms in total. The molecule has 0 unspecified atom stereocenters. The third kappa shape index (κ3) is 1.79. The van der Waals surface area contributed by atoms with Crippen LogP contribution in [-0.2, 0) is 0 Å². The van der Waals surface area contributed by atoms with Gasteiger partial charge in [-0.3, -0.25) is 0 Å². The van der Waals surface area contributed by atoms with Crippen LogP contribution >= 0.6 is 0 Å². The van der Waals surface area contributed by atoms with E-state index in [1.54, 1.807) is 12.4 Å². The van der Waals surface area contributed by atoms with Gasteiger partial charge in [-0.2, -0.15) is 0 Å². The highest BCUT2D eigenvalue weighted by Gasteiger charge is 2.07. The SMILES string of the molecule is C=CCNc1ncnc2ncn(/C=C\C)c12. The van der Waals surface area contributed by atoms with Crippen molar-refractivity contribution in [2.45, 2.75) is 6.92 Å². The predicted octanol–water partition coefficient (Wildman–Crippen LogP) is 1.91. The van der Waals surface area contributed by atoms with Gasteiger partial charge in [0.2, 0.25) is 0 Å². The maximum atomic E-state index is 4.20. The van der Waals surface area contributed by atoms with Crippen LogP contribution in [0.4, 0.5) is 5.82 Å². The molecule has 2 aromatic rings. The fourth-order valence-electron chi connectivity index (χ4n) is 1.45. The Hall–Kier alpha value is -2.17. The second kappa shape index (κ2) is 4.57. The molecule has 0 aliphatic rings. The largest absolute Gasteiger partial charge is 0.365 e. The summed E-state index contributed by atoms with van der Waals surface area (Å²) in [5.41, 5.74) is 1.56. The van der Waals surface area contributed by atoms with E-state index in [-0.39, 0.29) is 0 Å². The van der Waals surface area contributed by atoms with Crippen LogP contribution in [0.5, 0.6) is 0 Å². The zero-order valence-corrected chi connectivity index (χ0v) is 9.09. The van der Waals surface area contributed by atoms with E-state index in [0.717, 1.165) is 11.3 Å². The highest BCUT2D eigenvalue weighted by Crippen LogP contribution is 2.18. The molecule has 0 radical (unpaired) electrons. The van der Waals surface area contributed by atoms with E-state index in [0.29, 0.717) is 12.2 Å². The number of rotatable bonds is 4. The maximum absolute atomic E-state index is 4.20.